The number of ether oxygens (including phenoxy) is 2. The van der Waals surface area contributed by atoms with Crippen molar-refractivity contribution >= 4 is 27.6 Å². The van der Waals surface area contributed by atoms with E-state index in [2.05, 4.69) is 5.32 Å². The van der Waals surface area contributed by atoms with E-state index in [1.165, 1.54) is 53.7 Å². The van der Waals surface area contributed by atoms with E-state index in [1.54, 1.807) is 0 Å². The first-order valence-corrected chi connectivity index (χ1v) is 10.7. The van der Waals surface area contributed by atoms with Gasteiger partial charge in [0.15, 0.2) is 6.10 Å². The van der Waals surface area contributed by atoms with E-state index in [0.29, 0.717) is 18.9 Å². The van der Waals surface area contributed by atoms with E-state index in [9.17, 15) is 22.4 Å². The van der Waals surface area contributed by atoms with Crippen molar-refractivity contribution in [2.24, 2.45) is 0 Å². The molecule has 2 aromatic carbocycles. The largest absolute Gasteiger partial charge is 0.449 e. The molecule has 10 heteroatoms. The zero-order valence-electron chi connectivity index (χ0n) is 16.2. The van der Waals surface area contributed by atoms with Gasteiger partial charge in [-0.25, -0.2) is 17.6 Å². The topological polar surface area (TPSA) is 102 Å². The molecule has 2 aromatic rings. The minimum absolute atomic E-state index is 0.0985. The number of anilines is 1. The van der Waals surface area contributed by atoms with Crippen molar-refractivity contribution in [2.45, 2.75) is 17.9 Å². The van der Waals surface area contributed by atoms with E-state index < -0.39 is 33.8 Å². The van der Waals surface area contributed by atoms with Gasteiger partial charge in [-0.05, 0) is 43.3 Å². The van der Waals surface area contributed by atoms with Gasteiger partial charge in [-0.15, -0.1) is 0 Å². The Hall–Kier alpha value is -2.82. The van der Waals surface area contributed by atoms with E-state index >= 15 is 0 Å². The maximum absolute atomic E-state index is 13.6. The summed E-state index contributed by atoms with van der Waals surface area (Å²) in [5, 5.41) is 2.53. The van der Waals surface area contributed by atoms with Crippen molar-refractivity contribution in [2.75, 3.05) is 31.6 Å². The SMILES string of the molecule is CC(OC(=O)c1ccccc1F)C(=O)Nc1ccc(S(=O)(=O)N2CCOCC2)cc1. The van der Waals surface area contributed by atoms with E-state index in [0.717, 1.165) is 6.07 Å². The van der Waals surface area contributed by atoms with Crippen molar-refractivity contribution in [3.05, 3.63) is 59.9 Å². The summed E-state index contributed by atoms with van der Waals surface area (Å²) in [7, 11) is -3.64. The van der Waals surface area contributed by atoms with Crippen molar-refractivity contribution in [3.63, 3.8) is 0 Å². The van der Waals surface area contributed by atoms with E-state index in [4.69, 9.17) is 9.47 Å². The zero-order valence-corrected chi connectivity index (χ0v) is 17.0. The molecule has 1 heterocycles. The summed E-state index contributed by atoms with van der Waals surface area (Å²) in [5.74, 6) is -2.33. The number of benzene rings is 2. The summed E-state index contributed by atoms with van der Waals surface area (Å²) >= 11 is 0. The van der Waals surface area contributed by atoms with Crippen LogP contribution in [0, 0.1) is 5.82 Å². The quantitative estimate of drug-likeness (QED) is 0.696. The number of hydrogen-bond acceptors (Lipinski definition) is 6. The van der Waals surface area contributed by atoms with Crippen LogP contribution in [0.1, 0.15) is 17.3 Å². The molecule has 1 saturated heterocycles. The average molecular weight is 436 g/mol. The molecule has 1 amide bonds. The lowest BCUT2D eigenvalue weighted by Gasteiger charge is -2.26. The number of carbonyl (C=O) groups is 2. The number of nitrogens with zero attached hydrogens (tertiary/aromatic N) is 1. The molecule has 1 aliphatic rings. The van der Waals surface area contributed by atoms with Crippen LogP contribution >= 0.6 is 0 Å². The van der Waals surface area contributed by atoms with Gasteiger partial charge < -0.3 is 14.8 Å². The predicted octanol–water partition coefficient (Wildman–Crippen LogP) is 2.03. The van der Waals surface area contributed by atoms with Gasteiger partial charge >= 0.3 is 5.97 Å². The maximum Gasteiger partial charge on any atom is 0.341 e. The lowest BCUT2D eigenvalue weighted by molar-refractivity contribution is -0.123. The van der Waals surface area contributed by atoms with Crippen LogP contribution in [-0.4, -0.2) is 57.0 Å². The van der Waals surface area contributed by atoms with Gasteiger partial charge in [0.25, 0.3) is 5.91 Å². The van der Waals surface area contributed by atoms with Crippen LogP contribution in [0.5, 0.6) is 0 Å². The third-order valence-electron chi connectivity index (χ3n) is 4.48. The van der Waals surface area contributed by atoms with Gasteiger partial charge in [-0.3, -0.25) is 4.79 Å². The van der Waals surface area contributed by atoms with Crippen LogP contribution in [0.2, 0.25) is 0 Å². The highest BCUT2D eigenvalue weighted by Crippen LogP contribution is 2.20. The van der Waals surface area contributed by atoms with Crippen molar-refractivity contribution < 1.29 is 31.9 Å². The minimum Gasteiger partial charge on any atom is -0.449 e. The Morgan fingerprint density at radius 2 is 1.73 bits per heavy atom. The van der Waals surface area contributed by atoms with Crippen LogP contribution < -0.4 is 5.32 Å². The van der Waals surface area contributed by atoms with Crippen LogP contribution in [0.25, 0.3) is 0 Å². The van der Waals surface area contributed by atoms with Gasteiger partial charge in [0, 0.05) is 18.8 Å². The number of carbonyl (C=O) groups excluding carboxylic acids is 2. The number of sulfonamides is 1. The summed E-state index contributed by atoms with van der Waals surface area (Å²) in [6, 6.07) is 11.0. The Morgan fingerprint density at radius 1 is 1.10 bits per heavy atom. The molecule has 30 heavy (non-hydrogen) atoms. The number of nitrogens with one attached hydrogen (secondary N) is 1. The number of morpholine rings is 1. The Labute approximate surface area is 173 Å². The van der Waals surface area contributed by atoms with Crippen LogP contribution in [0.15, 0.2) is 53.4 Å². The molecule has 0 radical (unpaired) electrons. The fourth-order valence-electron chi connectivity index (χ4n) is 2.79. The fraction of sp³-hybridized carbons (Fsp3) is 0.300. The lowest BCUT2D eigenvalue weighted by atomic mass is 10.2. The highest BCUT2D eigenvalue weighted by atomic mass is 32.2. The summed E-state index contributed by atoms with van der Waals surface area (Å²) in [5.41, 5.74) is 0.0598. The smallest absolute Gasteiger partial charge is 0.341 e. The van der Waals surface area contributed by atoms with Crippen molar-refractivity contribution in [3.8, 4) is 0 Å². The molecule has 1 aliphatic heterocycles. The zero-order chi connectivity index (χ0) is 21.7. The summed E-state index contributed by atoms with van der Waals surface area (Å²) < 4.78 is 50.4. The maximum atomic E-state index is 13.6. The second kappa shape index (κ2) is 9.33. The number of rotatable bonds is 6. The van der Waals surface area contributed by atoms with Crippen LogP contribution in [0.4, 0.5) is 10.1 Å². The first-order valence-electron chi connectivity index (χ1n) is 9.23. The lowest BCUT2D eigenvalue weighted by Crippen LogP contribution is -2.40. The number of esters is 1. The van der Waals surface area contributed by atoms with Gasteiger partial charge in [0.05, 0.1) is 23.7 Å². The van der Waals surface area contributed by atoms with Crippen LogP contribution in [-0.2, 0) is 24.3 Å². The van der Waals surface area contributed by atoms with E-state index in [-0.39, 0.29) is 23.5 Å². The fourth-order valence-corrected chi connectivity index (χ4v) is 4.20. The second-order valence-corrected chi connectivity index (χ2v) is 8.50. The second-order valence-electron chi connectivity index (χ2n) is 6.56. The highest BCUT2D eigenvalue weighted by Gasteiger charge is 2.26. The third kappa shape index (κ3) is 5.02. The molecule has 8 nitrogen and oxygen atoms in total. The number of hydrogen-bond donors (Lipinski definition) is 1. The molecule has 160 valence electrons. The van der Waals surface area contributed by atoms with Crippen molar-refractivity contribution in [1.82, 2.24) is 4.31 Å². The first kappa shape index (κ1) is 21.9. The van der Waals surface area contributed by atoms with Gasteiger partial charge in [0.1, 0.15) is 5.82 Å². The number of halogens is 1. The van der Waals surface area contributed by atoms with Crippen LogP contribution in [0.3, 0.4) is 0 Å². The summed E-state index contributed by atoms with van der Waals surface area (Å²) in [6.45, 7) is 2.61. The van der Waals surface area contributed by atoms with Crippen molar-refractivity contribution in [1.29, 1.82) is 0 Å². The Morgan fingerprint density at radius 3 is 2.37 bits per heavy atom. The molecule has 1 N–H and O–H groups in total. The Kier molecular flexibility index (Phi) is 6.80. The molecular formula is C20H21FN2O6S. The molecule has 0 bridgehead atoms. The average Bonchev–Trinajstić information content (AvgIpc) is 2.75. The number of amides is 1. The molecule has 0 spiro atoms. The minimum atomic E-state index is -3.64. The predicted molar refractivity (Wildman–Crippen MR) is 106 cm³/mol. The Balaban J connectivity index is 1.61. The van der Waals surface area contributed by atoms with E-state index in [1.807, 2.05) is 0 Å². The molecular weight excluding hydrogens is 415 g/mol. The summed E-state index contributed by atoms with van der Waals surface area (Å²) in [4.78, 5) is 24.4. The summed E-state index contributed by atoms with van der Waals surface area (Å²) in [6.07, 6.45) is -1.19. The standard InChI is InChI=1S/C20H21FN2O6S/c1-14(29-20(25)17-4-2-3-5-18(17)21)19(24)22-15-6-8-16(9-7-15)30(26,27)23-10-12-28-13-11-23/h2-9,14H,10-13H2,1H3,(H,22,24). The molecule has 1 unspecified atom stereocenters. The first-order chi connectivity index (χ1) is 14.3. The molecule has 0 saturated carbocycles. The third-order valence-corrected chi connectivity index (χ3v) is 6.39. The van der Waals surface area contributed by atoms with Gasteiger partial charge in [-0.1, -0.05) is 12.1 Å². The van der Waals surface area contributed by atoms with Gasteiger partial charge in [0.2, 0.25) is 10.0 Å². The monoisotopic (exact) mass is 436 g/mol. The van der Waals surface area contributed by atoms with Gasteiger partial charge in [-0.2, -0.15) is 4.31 Å². The Bertz CT molecular complexity index is 1020. The molecule has 1 fully saturated rings. The molecule has 0 aromatic heterocycles. The molecule has 0 aliphatic carbocycles. The normalized spacial score (nSPS) is 15.9. The molecule has 1 atom stereocenters. The highest BCUT2D eigenvalue weighted by molar-refractivity contribution is 7.89. The molecule has 3 rings (SSSR count).